The van der Waals surface area contributed by atoms with Crippen LogP contribution in [0.5, 0.6) is 0 Å². The molecular weight excluding hydrogens is 395 g/mol. The molecule has 0 saturated carbocycles. The Hall–Kier alpha value is -1.15. The Labute approximate surface area is 147 Å². The lowest BCUT2D eigenvalue weighted by molar-refractivity contribution is 0.802. The molecule has 4 nitrogen and oxygen atoms in total. The quantitative estimate of drug-likeness (QED) is 0.457. The van der Waals surface area contributed by atoms with Crippen LogP contribution in [0.2, 0.25) is 0 Å². The molecule has 0 fully saturated rings. The van der Waals surface area contributed by atoms with E-state index >= 15 is 0 Å². The van der Waals surface area contributed by atoms with Crippen LogP contribution in [0.3, 0.4) is 0 Å². The third kappa shape index (κ3) is 5.62. The minimum absolute atomic E-state index is 0. The Kier molecular flexibility index (Phi) is 7.66. The topological polar surface area (TPSA) is 49.3 Å². The van der Waals surface area contributed by atoms with Crippen molar-refractivity contribution in [2.45, 2.75) is 26.9 Å². The summed E-state index contributed by atoms with van der Waals surface area (Å²) >= 11 is 1.70. The smallest absolute Gasteiger partial charge is 0.191 e. The molecule has 0 spiro atoms. The van der Waals surface area contributed by atoms with Gasteiger partial charge in [-0.3, -0.25) is 4.99 Å². The van der Waals surface area contributed by atoms with Crippen molar-refractivity contribution in [1.29, 1.82) is 0 Å². The van der Waals surface area contributed by atoms with E-state index in [0.29, 0.717) is 6.54 Å². The van der Waals surface area contributed by atoms with Gasteiger partial charge in [0.05, 0.1) is 6.54 Å². The summed E-state index contributed by atoms with van der Waals surface area (Å²) in [6, 6.07) is 8.35. The van der Waals surface area contributed by atoms with E-state index in [4.69, 9.17) is 0 Å². The summed E-state index contributed by atoms with van der Waals surface area (Å²) in [5, 5.41) is 7.67. The average Bonchev–Trinajstić information content (AvgIpc) is 2.86. The van der Waals surface area contributed by atoms with Gasteiger partial charge in [0.1, 0.15) is 5.01 Å². The first-order valence-electron chi connectivity index (χ1n) is 6.59. The molecule has 0 amide bonds. The highest BCUT2D eigenvalue weighted by molar-refractivity contribution is 14.0. The summed E-state index contributed by atoms with van der Waals surface area (Å²) < 4.78 is 0. The maximum atomic E-state index is 4.33. The van der Waals surface area contributed by atoms with Gasteiger partial charge in [0.2, 0.25) is 0 Å². The molecule has 2 N–H and O–H groups in total. The van der Waals surface area contributed by atoms with E-state index in [1.54, 1.807) is 18.4 Å². The van der Waals surface area contributed by atoms with Crippen molar-refractivity contribution in [2.75, 3.05) is 7.05 Å². The standard InChI is InChI=1S/C15H20N4S.HI/c1-11-6-4-5-7-13(11)9-18-15(16-3)19-10-14-17-8-12(2)20-14;/h4-8H,9-10H2,1-3H3,(H2,16,18,19);1H. The summed E-state index contributed by atoms with van der Waals surface area (Å²) in [6.07, 6.45) is 1.89. The second kappa shape index (κ2) is 8.99. The molecule has 0 aliphatic heterocycles. The number of aryl methyl sites for hydroxylation is 2. The Morgan fingerprint density at radius 3 is 2.52 bits per heavy atom. The molecule has 0 aliphatic rings. The summed E-state index contributed by atoms with van der Waals surface area (Å²) in [5.74, 6) is 0.793. The molecule has 1 aromatic carbocycles. The zero-order chi connectivity index (χ0) is 14.4. The van der Waals surface area contributed by atoms with Gasteiger partial charge in [0.15, 0.2) is 5.96 Å². The van der Waals surface area contributed by atoms with Crippen LogP contribution in [-0.2, 0) is 13.1 Å². The van der Waals surface area contributed by atoms with Crippen LogP contribution in [0.4, 0.5) is 0 Å². The normalized spacial score (nSPS) is 10.9. The molecule has 0 radical (unpaired) electrons. The summed E-state index contributed by atoms with van der Waals surface area (Å²) in [4.78, 5) is 9.78. The number of guanidine groups is 1. The van der Waals surface area contributed by atoms with Crippen LogP contribution in [0.25, 0.3) is 0 Å². The SMILES string of the molecule is CN=C(NCc1ncc(C)s1)NCc1ccccc1C.I. The third-order valence-electron chi connectivity index (χ3n) is 3.01. The van der Waals surface area contributed by atoms with Gasteiger partial charge in [-0.25, -0.2) is 4.98 Å². The second-order valence-electron chi connectivity index (χ2n) is 4.57. The largest absolute Gasteiger partial charge is 0.352 e. The maximum Gasteiger partial charge on any atom is 0.191 e. The molecule has 0 saturated heterocycles. The fraction of sp³-hybridized carbons (Fsp3) is 0.333. The molecule has 2 rings (SSSR count). The highest BCUT2D eigenvalue weighted by Crippen LogP contribution is 2.10. The molecule has 2 aromatic rings. The van der Waals surface area contributed by atoms with E-state index in [2.05, 4.69) is 58.7 Å². The van der Waals surface area contributed by atoms with Gasteiger partial charge in [-0.2, -0.15) is 0 Å². The fourth-order valence-corrected chi connectivity index (χ4v) is 2.58. The van der Waals surface area contributed by atoms with Crippen LogP contribution >= 0.6 is 35.3 Å². The molecular formula is C15H21IN4S. The molecule has 114 valence electrons. The van der Waals surface area contributed by atoms with E-state index in [1.165, 1.54) is 16.0 Å². The lowest BCUT2D eigenvalue weighted by Crippen LogP contribution is -2.36. The predicted octanol–water partition coefficient (Wildman–Crippen LogP) is 3.24. The molecule has 1 heterocycles. The first kappa shape index (κ1) is 17.9. The summed E-state index contributed by atoms with van der Waals surface area (Å²) in [7, 11) is 1.78. The second-order valence-corrected chi connectivity index (χ2v) is 5.89. The first-order chi connectivity index (χ1) is 9.69. The number of halogens is 1. The Bertz CT molecular complexity index is 595. The molecule has 0 atom stereocenters. The van der Waals surface area contributed by atoms with E-state index in [-0.39, 0.29) is 24.0 Å². The van der Waals surface area contributed by atoms with Gasteiger partial charge in [-0.15, -0.1) is 35.3 Å². The maximum absolute atomic E-state index is 4.33. The van der Waals surface area contributed by atoms with Crippen LogP contribution < -0.4 is 10.6 Å². The number of nitrogens with one attached hydrogen (secondary N) is 2. The highest BCUT2D eigenvalue weighted by atomic mass is 127. The van der Waals surface area contributed by atoms with Crippen LogP contribution in [0.1, 0.15) is 21.0 Å². The molecule has 6 heteroatoms. The average molecular weight is 416 g/mol. The number of aliphatic imine (C=N–C) groups is 1. The molecule has 1 aromatic heterocycles. The van der Waals surface area contributed by atoms with Crippen molar-refractivity contribution in [1.82, 2.24) is 15.6 Å². The number of thiazole rings is 1. The van der Waals surface area contributed by atoms with Crippen molar-refractivity contribution in [2.24, 2.45) is 4.99 Å². The van der Waals surface area contributed by atoms with Gasteiger partial charge < -0.3 is 10.6 Å². The van der Waals surface area contributed by atoms with Gasteiger partial charge in [0.25, 0.3) is 0 Å². The van der Waals surface area contributed by atoms with Crippen molar-refractivity contribution in [3.63, 3.8) is 0 Å². The van der Waals surface area contributed by atoms with Gasteiger partial charge in [-0.05, 0) is 25.0 Å². The minimum atomic E-state index is 0. The molecule has 0 unspecified atom stereocenters. The predicted molar refractivity (Wildman–Crippen MR) is 100 cm³/mol. The number of hydrogen-bond acceptors (Lipinski definition) is 3. The lowest BCUT2D eigenvalue weighted by Gasteiger charge is -2.12. The van der Waals surface area contributed by atoms with E-state index in [0.717, 1.165) is 17.5 Å². The van der Waals surface area contributed by atoms with Crippen LogP contribution in [0.15, 0.2) is 35.5 Å². The number of aromatic nitrogens is 1. The number of benzene rings is 1. The van der Waals surface area contributed by atoms with Crippen LogP contribution in [-0.4, -0.2) is 18.0 Å². The van der Waals surface area contributed by atoms with Crippen molar-refractivity contribution < 1.29 is 0 Å². The molecule has 21 heavy (non-hydrogen) atoms. The number of hydrogen-bond donors (Lipinski definition) is 2. The monoisotopic (exact) mass is 416 g/mol. The Morgan fingerprint density at radius 2 is 1.90 bits per heavy atom. The van der Waals surface area contributed by atoms with Gasteiger partial charge >= 0.3 is 0 Å². The first-order valence-corrected chi connectivity index (χ1v) is 7.41. The Balaban J connectivity index is 0.00000220. The Morgan fingerprint density at radius 1 is 1.19 bits per heavy atom. The minimum Gasteiger partial charge on any atom is -0.352 e. The number of nitrogens with zero attached hydrogens (tertiary/aromatic N) is 2. The van der Waals surface area contributed by atoms with Gasteiger partial charge in [0, 0.05) is 24.7 Å². The van der Waals surface area contributed by atoms with Crippen molar-refractivity contribution in [3.8, 4) is 0 Å². The molecule has 0 bridgehead atoms. The van der Waals surface area contributed by atoms with E-state index in [9.17, 15) is 0 Å². The highest BCUT2D eigenvalue weighted by Gasteiger charge is 2.02. The lowest BCUT2D eigenvalue weighted by atomic mass is 10.1. The fourth-order valence-electron chi connectivity index (χ4n) is 1.85. The van der Waals surface area contributed by atoms with Crippen molar-refractivity contribution in [3.05, 3.63) is 51.5 Å². The number of rotatable bonds is 4. The van der Waals surface area contributed by atoms with Crippen LogP contribution in [0, 0.1) is 13.8 Å². The zero-order valence-corrected chi connectivity index (χ0v) is 15.7. The zero-order valence-electron chi connectivity index (χ0n) is 12.5. The summed E-state index contributed by atoms with van der Waals surface area (Å²) in [5.41, 5.74) is 2.56. The van der Waals surface area contributed by atoms with Gasteiger partial charge in [-0.1, -0.05) is 24.3 Å². The van der Waals surface area contributed by atoms with E-state index < -0.39 is 0 Å². The van der Waals surface area contributed by atoms with Crippen molar-refractivity contribution >= 4 is 41.3 Å². The van der Waals surface area contributed by atoms with E-state index in [1.807, 2.05) is 6.20 Å². The third-order valence-corrected chi connectivity index (χ3v) is 3.92. The summed E-state index contributed by atoms with van der Waals surface area (Å²) in [6.45, 7) is 5.65. The molecule has 0 aliphatic carbocycles.